The SMILES string of the molecule is C=CCC(F)(C(=O)O)S(=O)(=O)O. The van der Waals surface area contributed by atoms with E-state index >= 15 is 0 Å². The summed E-state index contributed by atoms with van der Waals surface area (Å²) in [5, 5.41) is 4.45. The van der Waals surface area contributed by atoms with E-state index in [2.05, 4.69) is 6.58 Å². The Hall–Kier alpha value is -0.950. The van der Waals surface area contributed by atoms with E-state index in [0.29, 0.717) is 0 Å². The minimum Gasteiger partial charge on any atom is -0.478 e. The van der Waals surface area contributed by atoms with Crippen molar-refractivity contribution in [2.45, 2.75) is 11.4 Å². The monoisotopic (exact) mass is 198 g/mol. The number of carboxylic acid groups (broad SMARTS) is 1. The number of carboxylic acids is 1. The maximum atomic E-state index is 12.9. The molecule has 0 aliphatic rings. The number of aliphatic carboxylic acids is 1. The third kappa shape index (κ3) is 1.80. The second kappa shape index (κ2) is 3.20. The smallest absolute Gasteiger partial charge is 0.360 e. The molecule has 0 amide bonds. The Morgan fingerprint density at radius 2 is 2.08 bits per heavy atom. The average Bonchev–Trinajstić information content (AvgIpc) is 1.85. The molecule has 1 unspecified atom stereocenters. The van der Waals surface area contributed by atoms with Gasteiger partial charge in [-0.2, -0.15) is 8.42 Å². The molecule has 0 heterocycles. The molecule has 7 heteroatoms. The van der Waals surface area contributed by atoms with Crippen molar-refractivity contribution in [2.24, 2.45) is 0 Å². The number of hydrogen-bond donors (Lipinski definition) is 2. The van der Waals surface area contributed by atoms with Crippen LogP contribution in [-0.4, -0.2) is 29.0 Å². The van der Waals surface area contributed by atoms with Crippen LogP contribution in [0.1, 0.15) is 6.42 Å². The Bertz CT molecular complexity index is 295. The van der Waals surface area contributed by atoms with Crippen LogP contribution < -0.4 is 0 Å². The summed E-state index contributed by atoms with van der Waals surface area (Å²) in [6.07, 6.45) is -0.247. The molecule has 12 heavy (non-hydrogen) atoms. The average molecular weight is 198 g/mol. The Morgan fingerprint density at radius 3 is 2.17 bits per heavy atom. The molecule has 0 spiro atoms. The van der Waals surface area contributed by atoms with Gasteiger partial charge in [-0.05, 0) is 0 Å². The lowest BCUT2D eigenvalue weighted by atomic mass is 10.3. The van der Waals surface area contributed by atoms with Gasteiger partial charge in [0, 0.05) is 6.42 Å². The van der Waals surface area contributed by atoms with Crippen molar-refractivity contribution in [2.75, 3.05) is 0 Å². The molecule has 0 saturated carbocycles. The van der Waals surface area contributed by atoms with Gasteiger partial charge in [0.05, 0.1) is 0 Å². The summed E-state index contributed by atoms with van der Waals surface area (Å²) in [4.78, 5) is 10.1. The van der Waals surface area contributed by atoms with Crippen molar-refractivity contribution in [1.82, 2.24) is 0 Å². The normalized spacial score (nSPS) is 16.5. The van der Waals surface area contributed by atoms with Gasteiger partial charge >= 0.3 is 21.1 Å². The Morgan fingerprint density at radius 1 is 1.67 bits per heavy atom. The lowest BCUT2D eigenvalue weighted by molar-refractivity contribution is -0.145. The molecule has 0 aromatic rings. The van der Waals surface area contributed by atoms with E-state index in [4.69, 9.17) is 9.66 Å². The van der Waals surface area contributed by atoms with E-state index in [1.54, 1.807) is 0 Å². The maximum absolute atomic E-state index is 12.9. The Kier molecular flexibility index (Phi) is 2.94. The highest BCUT2D eigenvalue weighted by Crippen LogP contribution is 2.23. The fraction of sp³-hybridized carbons (Fsp3) is 0.400. The molecular formula is C5H7FO5S. The molecule has 0 rings (SSSR count). The lowest BCUT2D eigenvalue weighted by Gasteiger charge is -2.14. The van der Waals surface area contributed by atoms with E-state index in [0.717, 1.165) is 6.08 Å². The predicted molar refractivity (Wildman–Crippen MR) is 37.8 cm³/mol. The Labute approximate surface area is 68.3 Å². The number of allylic oxidation sites excluding steroid dienone is 1. The molecule has 0 radical (unpaired) electrons. The summed E-state index contributed by atoms with van der Waals surface area (Å²) in [5.74, 6) is -2.26. The fourth-order valence-corrected chi connectivity index (χ4v) is 1.04. The summed E-state index contributed by atoms with van der Waals surface area (Å²) in [5.41, 5.74) is 0. The Balaban J connectivity index is 5.15. The fourth-order valence-electron chi connectivity index (χ4n) is 0.489. The van der Waals surface area contributed by atoms with Crippen molar-refractivity contribution in [3.8, 4) is 0 Å². The van der Waals surface area contributed by atoms with Crippen LogP contribution in [0.2, 0.25) is 0 Å². The quantitative estimate of drug-likeness (QED) is 0.497. The molecule has 0 aromatic heterocycles. The molecule has 0 fully saturated rings. The predicted octanol–water partition coefficient (Wildman–Crippen LogP) is 0.201. The second-order valence-corrected chi connectivity index (χ2v) is 3.60. The lowest BCUT2D eigenvalue weighted by Crippen LogP contribution is -2.41. The first-order valence-corrected chi connectivity index (χ1v) is 4.20. The third-order valence-corrected chi connectivity index (χ3v) is 2.29. The third-order valence-electron chi connectivity index (χ3n) is 1.14. The molecule has 0 aliphatic carbocycles. The van der Waals surface area contributed by atoms with Gasteiger partial charge in [-0.3, -0.25) is 4.55 Å². The first kappa shape index (κ1) is 11.1. The number of rotatable bonds is 4. The van der Waals surface area contributed by atoms with Gasteiger partial charge in [0.25, 0.3) is 0 Å². The molecule has 2 N–H and O–H groups in total. The second-order valence-electron chi connectivity index (χ2n) is 2.00. The highest BCUT2D eigenvalue weighted by molar-refractivity contribution is 7.87. The van der Waals surface area contributed by atoms with Crippen LogP contribution in [0.5, 0.6) is 0 Å². The number of halogens is 1. The largest absolute Gasteiger partial charge is 0.478 e. The van der Waals surface area contributed by atoms with Crippen LogP contribution in [0, 0.1) is 0 Å². The molecule has 0 aromatic carbocycles. The van der Waals surface area contributed by atoms with Gasteiger partial charge in [-0.1, -0.05) is 6.08 Å². The van der Waals surface area contributed by atoms with Crippen LogP contribution in [0.25, 0.3) is 0 Å². The van der Waals surface area contributed by atoms with E-state index in [-0.39, 0.29) is 0 Å². The van der Waals surface area contributed by atoms with Crippen LogP contribution in [0.15, 0.2) is 12.7 Å². The van der Waals surface area contributed by atoms with Gasteiger partial charge in [-0.25, -0.2) is 9.18 Å². The van der Waals surface area contributed by atoms with Gasteiger partial charge in [0.2, 0.25) is 0 Å². The molecule has 0 aliphatic heterocycles. The summed E-state index contributed by atoms with van der Waals surface area (Å²) in [6.45, 7) is 2.96. The van der Waals surface area contributed by atoms with Crippen molar-refractivity contribution in [3.05, 3.63) is 12.7 Å². The first-order valence-electron chi connectivity index (χ1n) is 2.76. The zero-order valence-electron chi connectivity index (χ0n) is 5.90. The van der Waals surface area contributed by atoms with Gasteiger partial charge in [-0.15, -0.1) is 6.58 Å². The molecule has 0 saturated heterocycles. The van der Waals surface area contributed by atoms with Crippen LogP contribution in [0.4, 0.5) is 4.39 Å². The van der Waals surface area contributed by atoms with E-state index in [1.165, 1.54) is 0 Å². The summed E-state index contributed by atoms with van der Waals surface area (Å²) in [6, 6.07) is 0. The first-order chi connectivity index (χ1) is 5.25. The van der Waals surface area contributed by atoms with Gasteiger partial charge in [0.1, 0.15) is 0 Å². The van der Waals surface area contributed by atoms with Crippen LogP contribution in [0.3, 0.4) is 0 Å². The molecule has 0 bridgehead atoms. The number of carbonyl (C=O) groups is 1. The zero-order valence-corrected chi connectivity index (χ0v) is 6.71. The van der Waals surface area contributed by atoms with E-state index in [9.17, 15) is 17.6 Å². The standard InChI is InChI=1S/C5H7FO5S/c1-2-3-5(6,4(7)8)12(9,10)11/h2H,1,3H2,(H,7,8)(H,9,10,11). The summed E-state index contributed by atoms with van der Waals surface area (Å²) >= 11 is 0. The van der Waals surface area contributed by atoms with Gasteiger partial charge < -0.3 is 5.11 Å². The topological polar surface area (TPSA) is 91.7 Å². The van der Waals surface area contributed by atoms with Crippen molar-refractivity contribution in [1.29, 1.82) is 0 Å². The minimum atomic E-state index is -5.26. The molecule has 1 atom stereocenters. The van der Waals surface area contributed by atoms with Gasteiger partial charge in [0.15, 0.2) is 0 Å². The van der Waals surface area contributed by atoms with E-state index < -0.39 is 27.5 Å². The van der Waals surface area contributed by atoms with Crippen molar-refractivity contribution < 1.29 is 27.3 Å². The zero-order chi connectivity index (χ0) is 9.99. The molecular weight excluding hydrogens is 191 g/mol. The maximum Gasteiger partial charge on any atom is 0.360 e. The molecule has 5 nitrogen and oxygen atoms in total. The van der Waals surface area contributed by atoms with Crippen molar-refractivity contribution >= 4 is 16.1 Å². The van der Waals surface area contributed by atoms with Crippen molar-refractivity contribution in [3.63, 3.8) is 0 Å². The minimum absolute atomic E-state index is 0.752. The number of hydrogen-bond acceptors (Lipinski definition) is 3. The highest BCUT2D eigenvalue weighted by atomic mass is 32.2. The summed E-state index contributed by atoms with van der Waals surface area (Å²) < 4.78 is 41.6. The van der Waals surface area contributed by atoms with Crippen LogP contribution >= 0.6 is 0 Å². The van der Waals surface area contributed by atoms with E-state index in [1.807, 2.05) is 0 Å². The van der Waals surface area contributed by atoms with Crippen LogP contribution in [-0.2, 0) is 14.9 Å². The highest BCUT2D eigenvalue weighted by Gasteiger charge is 2.50. The number of alkyl halides is 1. The molecule has 70 valence electrons. The summed E-state index contributed by atoms with van der Waals surface area (Å²) in [7, 11) is -5.26.